The summed E-state index contributed by atoms with van der Waals surface area (Å²) >= 11 is 0. The maximum Gasteiger partial charge on any atom is 0.418 e. The van der Waals surface area contributed by atoms with E-state index in [4.69, 9.17) is 5.73 Å². The number of hydrogen-bond donors (Lipinski definition) is 1. The molecule has 6 heteroatoms. The highest BCUT2D eigenvalue weighted by Gasteiger charge is 2.44. The van der Waals surface area contributed by atoms with E-state index in [9.17, 15) is 13.2 Å². The molecule has 2 aromatic rings. The van der Waals surface area contributed by atoms with Crippen LogP contribution in [-0.2, 0) is 11.7 Å². The van der Waals surface area contributed by atoms with Gasteiger partial charge in [0.25, 0.3) is 0 Å². The normalized spacial score (nSPS) is 17.7. The SMILES string of the molecule is Cc1nc(C2(N)CC2)c2cccc(C(F)(F)F)c2n1. The maximum atomic E-state index is 13.0. The Hall–Kier alpha value is -1.69. The van der Waals surface area contributed by atoms with Gasteiger partial charge in [0.2, 0.25) is 0 Å². The number of fused-ring (bicyclic) bond motifs is 1. The van der Waals surface area contributed by atoms with Crippen LogP contribution < -0.4 is 5.73 Å². The molecule has 1 heterocycles. The van der Waals surface area contributed by atoms with Crippen LogP contribution >= 0.6 is 0 Å². The Morgan fingerprint density at radius 1 is 1.21 bits per heavy atom. The Bertz CT molecular complexity index is 660. The van der Waals surface area contributed by atoms with E-state index in [2.05, 4.69) is 9.97 Å². The molecule has 19 heavy (non-hydrogen) atoms. The highest BCUT2D eigenvalue weighted by atomic mass is 19.4. The number of alkyl halides is 3. The number of para-hydroxylation sites is 1. The molecule has 0 aliphatic heterocycles. The summed E-state index contributed by atoms with van der Waals surface area (Å²) in [6.07, 6.45) is -2.94. The molecule has 0 radical (unpaired) electrons. The lowest BCUT2D eigenvalue weighted by Gasteiger charge is -2.15. The second-order valence-corrected chi connectivity index (χ2v) is 4.98. The van der Waals surface area contributed by atoms with Gasteiger partial charge in [-0.3, -0.25) is 0 Å². The first kappa shape index (κ1) is 12.3. The average Bonchev–Trinajstić information content (AvgIpc) is 3.05. The summed E-state index contributed by atoms with van der Waals surface area (Å²) in [7, 11) is 0. The minimum absolute atomic E-state index is 0.0609. The summed E-state index contributed by atoms with van der Waals surface area (Å²) in [6.45, 7) is 1.59. The zero-order chi connectivity index (χ0) is 13.8. The number of nitrogens with two attached hydrogens (primary N) is 1. The molecule has 1 aromatic carbocycles. The molecule has 1 aliphatic rings. The van der Waals surface area contributed by atoms with Gasteiger partial charge >= 0.3 is 6.18 Å². The van der Waals surface area contributed by atoms with Gasteiger partial charge in [-0.05, 0) is 25.8 Å². The van der Waals surface area contributed by atoms with E-state index in [-0.39, 0.29) is 5.52 Å². The van der Waals surface area contributed by atoms with Crippen LogP contribution in [0.3, 0.4) is 0 Å². The van der Waals surface area contributed by atoms with Gasteiger partial charge in [-0.15, -0.1) is 0 Å². The molecule has 0 spiro atoms. The molecule has 1 saturated carbocycles. The fourth-order valence-electron chi connectivity index (χ4n) is 2.24. The van der Waals surface area contributed by atoms with E-state index in [1.807, 2.05) is 0 Å². The van der Waals surface area contributed by atoms with Crippen molar-refractivity contribution < 1.29 is 13.2 Å². The summed E-state index contributed by atoms with van der Waals surface area (Å²) < 4.78 is 39.0. The van der Waals surface area contributed by atoms with Gasteiger partial charge < -0.3 is 5.73 Å². The number of aromatic nitrogens is 2. The minimum Gasteiger partial charge on any atom is -0.320 e. The van der Waals surface area contributed by atoms with Crippen molar-refractivity contribution in [2.24, 2.45) is 5.73 Å². The third-order valence-electron chi connectivity index (χ3n) is 3.40. The van der Waals surface area contributed by atoms with Crippen LogP contribution in [0, 0.1) is 6.92 Å². The maximum absolute atomic E-state index is 13.0. The molecule has 1 aromatic heterocycles. The molecule has 100 valence electrons. The van der Waals surface area contributed by atoms with Gasteiger partial charge in [0.1, 0.15) is 5.82 Å². The van der Waals surface area contributed by atoms with Gasteiger partial charge in [-0.2, -0.15) is 13.2 Å². The number of benzene rings is 1. The van der Waals surface area contributed by atoms with E-state index in [0.29, 0.717) is 16.9 Å². The molecule has 1 aliphatic carbocycles. The van der Waals surface area contributed by atoms with E-state index in [1.54, 1.807) is 13.0 Å². The smallest absolute Gasteiger partial charge is 0.320 e. The zero-order valence-corrected chi connectivity index (χ0v) is 10.3. The first-order valence-electron chi connectivity index (χ1n) is 5.95. The molecule has 0 unspecified atom stereocenters. The predicted octanol–water partition coefficient (Wildman–Crippen LogP) is 2.90. The van der Waals surface area contributed by atoms with Crippen molar-refractivity contribution in [3.63, 3.8) is 0 Å². The molecule has 2 N–H and O–H groups in total. The van der Waals surface area contributed by atoms with Crippen LogP contribution in [-0.4, -0.2) is 9.97 Å². The van der Waals surface area contributed by atoms with Gasteiger partial charge in [0, 0.05) is 5.39 Å². The molecule has 0 atom stereocenters. The Morgan fingerprint density at radius 3 is 2.47 bits per heavy atom. The monoisotopic (exact) mass is 267 g/mol. The number of aryl methyl sites for hydroxylation is 1. The topological polar surface area (TPSA) is 51.8 Å². The summed E-state index contributed by atoms with van der Waals surface area (Å²) in [4.78, 5) is 8.21. The van der Waals surface area contributed by atoms with E-state index < -0.39 is 17.3 Å². The molecule has 0 amide bonds. The first-order valence-corrected chi connectivity index (χ1v) is 5.95. The fourth-order valence-corrected chi connectivity index (χ4v) is 2.24. The molecular formula is C13H12F3N3. The standard InChI is InChI=1S/C13H12F3N3/c1-7-18-10-8(11(19-7)12(17)5-6-12)3-2-4-9(10)13(14,15)16/h2-4H,5-6,17H2,1H3. The van der Waals surface area contributed by atoms with Crippen LogP contribution in [0.25, 0.3) is 10.9 Å². The molecule has 3 nitrogen and oxygen atoms in total. The summed E-state index contributed by atoms with van der Waals surface area (Å²) in [5, 5.41) is 0.403. The van der Waals surface area contributed by atoms with Crippen LogP contribution in [0.5, 0.6) is 0 Å². The second kappa shape index (κ2) is 3.66. The third-order valence-corrected chi connectivity index (χ3v) is 3.40. The van der Waals surface area contributed by atoms with Crippen LogP contribution in [0.4, 0.5) is 13.2 Å². The van der Waals surface area contributed by atoms with Gasteiger partial charge in [0.15, 0.2) is 0 Å². The number of nitrogens with zero attached hydrogens (tertiary/aromatic N) is 2. The lowest BCUT2D eigenvalue weighted by atomic mass is 10.0. The third kappa shape index (κ3) is 1.96. The van der Waals surface area contributed by atoms with Crippen molar-refractivity contribution in [3.05, 3.63) is 35.3 Å². The fraction of sp³-hybridized carbons (Fsp3) is 0.385. The number of hydrogen-bond acceptors (Lipinski definition) is 3. The second-order valence-electron chi connectivity index (χ2n) is 4.98. The van der Waals surface area contributed by atoms with Crippen molar-refractivity contribution in [1.82, 2.24) is 9.97 Å². The number of halogens is 3. The molecular weight excluding hydrogens is 255 g/mol. The molecule has 0 bridgehead atoms. The lowest BCUT2D eigenvalue weighted by Crippen LogP contribution is -2.22. The minimum atomic E-state index is -4.43. The molecule has 0 saturated heterocycles. The highest BCUT2D eigenvalue weighted by molar-refractivity contribution is 5.85. The van der Waals surface area contributed by atoms with Crippen molar-refractivity contribution in [2.45, 2.75) is 31.5 Å². The first-order chi connectivity index (χ1) is 8.81. The zero-order valence-electron chi connectivity index (χ0n) is 10.3. The molecule has 3 rings (SSSR count). The summed E-state index contributed by atoms with van der Waals surface area (Å²) in [5.41, 5.74) is 5.24. The Balaban J connectivity index is 2.36. The van der Waals surface area contributed by atoms with Gasteiger partial charge in [-0.25, -0.2) is 9.97 Å². The Labute approximate surface area is 107 Å². The Kier molecular flexibility index (Phi) is 2.38. The largest absolute Gasteiger partial charge is 0.418 e. The van der Waals surface area contributed by atoms with Crippen LogP contribution in [0.2, 0.25) is 0 Å². The van der Waals surface area contributed by atoms with Crippen LogP contribution in [0.15, 0.2) is 18.2 Å². The van der Waals surface area contributed by atoms with Crippen molar-refractivity contribution in [3.8, 4) is 0 Å². The summed E-state index contributed by atoms with van der Waals surface area (Å²) in [5.74, 6) is 0.316. The van der Waals surface area contributed by atoms with Crippen molar-refractivity contribution in [2.75, 3.05) is 0 Å². The van der Waals surface area contributed by atoms with Crippen molar-refractivity contribution in [1.29, 1.82) is 0 Å². The van der Waals surface area contributed by atoms with E-state index >= 15 is 0 Å². The number of rotatable bonds is 1. The van der Waals surface area contributed by atoms with Gasteiger partial charge in [0.05, 0.1) is 22.3 Å². The molecule has 1 fully saturated rings. The van der Waals surface area contributed by atoms with E-state index in [0.717, 1.165) is 18.9 Å². The lowest BCUT2D eigenvalue weighted by molar-refractivity contribution is -0.136. The van der Waals surface area contributed by atoms with Crippen LogP contribution in [0.1, 0.15) is 29.9 Å². The van der Waals surface area contributed by atoms with Gasteiger partial charge in [-0.1, -0.05) is 12.1 Å². The average molecular weight is 267 g/mol. The highest BCUT2D eigenvalue weighted by Crippen LogP contribution is 2.45. The van der Waals surface area contributed by atoms with E-state index in [1.165, 1.54) is 6.07 Å². The quantitative estimate of drug-likeness (QED) is 0.864. The Morgan fingerprint density at radius 2 is 1.89 bits per heavy atom. The van der Waals surface area contributed by atoms with Crippen molar-refractivity contribution >= 4 is 10.9 Å². The summed E-state index contributed by atoms with van der Waals surface area (Å²) in [6, 6.07) is 4.01. The predicted molar refractivity (Wildman–Crippen MR) is 64.4 cm³/mol.